The third kappa shape index (κ3) is 2.45. The summed E-state index contributed by atoms with van der Waals surface area (Å²) >= 11 is 0. The minimum atomic E-state index is -0.0928. The van der Waals surface area contributed by atoms with Crippen LogP contribution in [0.2, 0.25) is 0 Å². The summed E-state index contributed by atoms with van der Waals surface area (Å²) in [5.41, 5.74) is 3.27. The second-order valence-corrected chi connectivity index (χ2v) is 4.86. The molecule has 0 radical (unpaired) electrons. The van der Waals surface area contributed by atoms with Gasteiger partial charge in [-0.3, -0.25) is 0 Å². The number of hydrogen-bond donors (Lipinski definition) is 2. The van der Waals surface area contributed by atoms with Crippen molar-refractivity contribution in [3.63, 3.8) is 0 Å². The standard InChI is InChI=1S/C12H16N4O/c1-12(2,3)11-15-7-9(17-11)8-4-5-10(16-13)14-6-8/h4-7H,13H2,1-3H3,(H,14,16). The van der Waals surface area contributed by atoms with Gasteiger partial charge in [-0.25, -0.2) is 15.8 Å². The first-order valence-electron chi connectivity index (χ1n) is 5.40. The molecule has 0 saturated heterocycles. The molecule has 0 aliphatic carbocycles. The molecular weight excluding hydrogens is 216 g/mol. The molecule has 2 heterocycles. The van der Waals surface area contributed by atoms with Gasteiger partial charge in [0, 0.05) is 17.2 Å². The fraction of sp³-hybridized carbons (Fsp3) is 0.333. The number of nitrogens with two attached hydrogens (primary N) is 1. The number of anilines is 1. The molecule has 0 aliphatic rings. The van der Waals surface area contributed by atoms with Gasteiger partial charge < -0.3 is 9.84 Å². The molecule has 5 nitrogen and oxygen atoms in total. The summed E-state index contributed by atoms with van der Waals surface area (Å²) in [6, 6.07) is 3.67. The van der Waals surface area contributed by atoms with E-state index in [1.54, 1.807) is 18.5 Å². The number of rotatable bonds is 2. The number of nitrogens with zero attached hydrogens (tertiary/aromatic N) is 2. The number of oxazole rings is 1. The first kappa shape index (κ1) is 11.6. The summed E-state index contributed by atoms with van der Waals surface area (Å²) in [5, 5.41) is 0. The van der Waals surface area contributed by atoms with E-state index in [4.69, 9.17) is 10.3 Å². The molecule has 0 aromatic carbocycles. The first-order chi connectivity index (χ1) is 8.00. The molecule has 0 amide bonds. The summed E-state index contributed by atoms with van der Waals surface area (Å²) < 4.78 is 5.70. The van der Waals surface area contributed by atoms with E-state index in [0.717, 1.165) is 5.56 Å². The molecule has 2 aromatic heterocycles. The van der Waals surface area contributed by atoms with Crippen LogP contribution >= 0.6 is 0 Å². The lowest BCUT2D eigenvalue weighted by atomic mass is 9.97. The van der Waals surface area contributed by atoms with Crippen molar-refractivity contribution in [3.8, 4) is 11.3 Å². The molecule has 90 valence electrons. The monoisotopic (exact) mass is 232 g/mol. The van der Waals surface area contributed by atoms with Crippen LogP contribution in [0.15, 0.2) is 28.9 Å². The summed E-state index contributed by atoms with van der Waals surface area (Å²) in [6.07, 6.45) is 3.41. The fourth-order valence-electron chi connectivity index (χ4n) is 1.38. The van der Waals surface area contributed by atoms with Crippen molar-refractivity contribution in [1.29, 1.82) is 0 Å². The van der Waals surface area contributed by atoms with Gasteiger partial charge >= 0.3 is 0 Å². The van der Waals surface area contributed by atoms with Crippen LogP contribution in [0.4, 0.5) is 5.82 Å². The molecule has 0 unspecified atom stereocenters. The van der Waals surface area contributed by atoms with Gasteiger partial charge in [0.1, 0.15) is 5.82 Å². The number of aromatic nitrogens is 2. The lowest BCUT2D eigenvalue weighted by Crippen LogP contribution is -2.10. The molecule has 0 bridgehead atoms. The average Bonchev–Trinajstić information content (AvgIpc) is 2.78. The van der Waals surface area contributed by atoms with Gasteiger partial charge in [0.15, 0.2) is 11.7 Å². The van der Waals surface area contributed by atoms with Crippen LogP contribution < -0.4 is 11.3 Å². The maximum Gasteiger partial charge on any atom is 0.200 e. The van der Waals surface area contributed by atoms with Gasteiger partial charge in [-0.1, -0.05) is 20.8 Å². The van der Waals surface area contributed by atoms with E-state index in [0.29, 0.717) is 17.5 Å². The summed E-state index contributed by atoms with van der Waals surface area (Å²) in [5.74, 6) is 7.30. The highest BCUT2D eigenvalue weighted by Gasteiger charge is 2.20. The summed E-state index contributed by atoms with van der Waals surface area (Å²) in [4.78, 5) is 8.39. The van der Waals surface area contributed by atoms with E-state index in [9.17, 15) is 0 Å². The first-order valence-corrected chi connectivity index (χ1v) is 5.40. The van der Waals surface area contributed by atoms with E-state index in [1.165, 1.54) is 0 Å². The number of nitrogen functional groups attached to an aromatic ring is 1. The molecule has 0 saturated carbocycles. The quantitative estimate of drug-likeness (QED) is 0.613. The van der Waals surface area contributed by atoms with Gasteiger partial charge in [0.2, 0.25) is 0 Å². The molecule has 0 spiro atoms. The third-order valence-electron chi connectivity index (χ3n) is 2.34. The smallest absolute Gasteiger partial charge is 0.200 e. The Morgan fingerprint density at radius 3 is 2.41 bits per heavy atom. The summed E-state index contributed by atoms with van der Waals surface area (Å²) in [6.45, 7) is 6.17. The number of hydrogen-bond acceptors (Lipinski definition) is 5. The molecule has 17 heavy (non-hydrogen) atoms. The van der Waals surface area contributed by atoms with Gasteiger partial charge in [-0.05, 0) is 12.1 Å². The van der Waals surface area contributed by atoms with Crippen LogP contribution in [-0.4, -0.2) is 9.97 Å². The molecule has 0 fully saturated rings. The molecule has 3 N–H and O–H groups in total. The SMILES string of the molecule is CC(C)(C)c1ncc(-c2ccc(NN)nc2)o1. The molecule has 2 aromatic rings. The summed E-state index contributed by atoms with van der Waals surface area (Å²) in [7, 11) is 0. The van der Waals surface area contributed by atoms with Crippen molar-refractivity contribution >= 4 is 5.82 Å². The Morgan fingerprint density at radius 2 is 1.94 bits per heavy atom. The fourth-order valence-corrected chi connectivity index (χ4v) is 1.38. The van der Waals surface area contributed by atoms with Crippen LogP contribution in [0.25, 0.3) is 11.3 Å². The van der Waals surface area contributed by atoms with Gasteiger partial charge in [0.05, 0.1) is 6.20 Å². The largest absolute Gasteiger partial charge is 0.440 e. The van der Waals surface area contributed by atoms with Gasteiger partial charge in [0.25, 0.3) is 0 Å². The third-order valence-corrected chi connectivity index (χ3v) is 2.34. The van der Waals surface area contributed by atoms with Crippen molar-refractivity contribution in [1.82, 2.24) is 9.97 Å². The van der Waals surface area contributed by atoms with Crippen LogP contribution in [0, 0.1) is 0 Å². The van der Waals surface area contributed by atoms with Crippen LogP contribution in [0.3, 0.4) is 0 Å². The van der Waals surface area contributed by atoms with Crippen LogP contribution in [-0.2, 0) is 5.41 Å². The highest BCUT2D eigenvalue weighted by Crippen LogP contribution is 2.26. The highest BCUT2D eigenvalue weighted by molar-refractivity contribution is 5.57. The van der Waals surface area contributed by atoms with E-state index in [-0.39, 0.29) is 5.41 Å². The van der Waals surface area contributed by atoms with Gasteiger partial charge in [-0.2, -0.15) is 0 Å². The highest BCUT2D eigenvalue weighted by atomic mass is 16.4. The zero-order valence-electron chi connectivity index (χ0n) is 10.2. The second-order valence-electron chi connectivity index (χ2n) is 4.86. The Bertz CT molecular complexity index is 496. The van der Waals surface area contributed by atoms with E-state index in [1.807, 2.05) is 6.07 Å². The van der Waals surface area contributed by atoms with Crippen LogP contribution in [0.5, 0.6) is 0 Å². The Kier molecular flexibility index (Phi) is 2.85. The number of pyridine rings is 1. The van der Waals surface area contributed by atoms with E-state index in [2.05, 4.69) is 36.2 Å². The number of nitrogens with one attached hydrogen (secondary N) is 1. The lowest BCUT2D eigenvalue weighted by molar-refractivity contribution is 0.399. The molecule has 2 rings (SSSR count). The van der Waals surface area contributed by atoms with Crippen molar-refractivity contribution in [2.45, 2.75) is 26.2 Å². The van der Waals surface area contributed by atoms with Crippen molar-refractivity contribution < 1.29 is 4.42 Å². The maximum atomic E-state index is 5.70. The zero-order valence-corrected chi connectivity index (χ0v) is 10.2. The Morgan fingerprint density at radius 1 is 1.18 bits per heavy atom. The van der Waals surface area contributed by atoms with E-state index >= 15 is 0 Å². The maximum absolute atomic E-state index is 5.70. The average molecular weight is 232 g/mol. The second kappa shape index (κ2) is 4.18. The molecular formula is C12H16N4O. The predicted octanol–water partition coefficient (Wildman–Crippen LogP) is 2.32. The minimum absolute atomic E-state index is 0.0928. The molecule has 5 heteroatoms. The van der Waals surface area contributed by atoms with Crippen LogP contribution in [0.1, 0.15) is 26.7 Å². The lowest BCUT2D eigenvalue weighted by Gasteiger charge is -2.12. The van der Waals surface area contributed by atoms with Crippen molar-refractivity contribution in [3.05, 3.63) is 30.4 Å². The predicted molar refractivity (Wildman–Crippen MR) is 66.2 cm³/mol. The molecule has 0 atom stereocenters. The minimum Gasteiger partial charge on any atom is -0.440 e. The van der Waals surface area contributed by atoms with Gasteiger partial charge in [-0.15, -0.1) is 0 Å². The topological polar surface area (TPSA) is 77.0 Å². The van der Waals surface area contributed by atoms with Crippen molar-refractivity contribution in [2.75, 3.05) is 5.43 Å². The molecule has 0 aliphatic heterocycles. The Labute approximate surface area is 100 Å². The van der Waals surface area contributed by atoms with Crippen molar-refractivity contribution in [2.24, 2.45) is 5.84 Å². The Balaban J connectivity index is 2.30. The zero-order chi connectivity index (χ0) is 12.5. The number of hydrazine groups is 1. The van der Waals surface area contributed by atoms with E-state index < -0.39 is 0 Å². The normalized spacial score (nSPS) is 11.5. The Hall–Kier alpha value is -1.88.